The Kier molecular flexibility index (Phi) is 7.12. The van der Waals surface area contributed by atoms with Crippen molar-refractivity contribution in [2.75, 3.05) is 18.9 Å². The van der Waals surface area contributed by atoms with E-state index >= 15 is 0 Å². The maximum Gasteiger partial charge on any atom is 0.267 e. The van der Waals surface area contributed by atoms with Crippen LogP contribution in [0, 0.1) is 0 Å². The van der Waals surface area contributed by atoms with Gasteiger partial charge in [-0.2, -0.15) is 0 Å². The van der Waals surface area contributed by atoms with Gasteiger partial charge in [0.1, 0.15) is 5.75 Å². The average molecular weight is 412 g/mol. The second-order valence-electron chi connectivity index (χ2n) is 6.96. The zero-order chi connectivity index (χ0) is 20.8. The van der Waals surface area contributed by atoms with Crippen molar-refractivity contribution in [1.82, 2.24) is 4.90 Å². The van der Waals surface area contributed by atoms with Gasteiger partial charge in [-0.1, -0.05) is 42.5 Å². The molecule has 152 valence electrons. The minimum atomic E-state index is -0.290. The van der Waals surface area contributed by atoms with Crippen molar-refractivity contribution < 1.29 is 19.4 Å². The van der Waals surface area contributed by atoms with Gasteiger partial charge in [-0.25, -0.2) is 0 Å². The standard InChI is InChI=1S/C23H25NO4S/c1-16(2)28-19-10-8-18(9-11-19)20-21(29-15-14-25)23(27)24(22(20)26)13-12-17-6-4-3-5-7-17/h3-11,16,25H,12-15H2,1-2H3. The number of benzene rings is 2. The van der Waals surface area contributed by atoms with Gasteiger partial charge in [0.05, 0.1) is 23.2 Å². The molecular formula is C23H25NO4S. The summed E-state index contributed by atoms with van der Waals surface area (Å²) in [5.74, 6) is 0.497. The number of thioether (sulfide) groups is 1. The molecule has 0 bridgehead atoms. The Morgan fingerprint density at radius 1 is 1.00 bits per heavy atom. The van der Waals surface area contributed by atoms with E-state index in [1.165, 1.54) is 16.7 Å². The molecule has 0 atom stereocenters. The van der Waals surface area contributed by atoms with Crippen LogP contribution in [-0.4, -0.2) is 46.8 Å². The van der Waals surface area contributed by atoms with Crippen LogP contribution >= 0.6 is 11.8 Å². The largest absolute Gasteiger partial charge is 0.491 e. The highest BCUT2D eigenvalue weighted by Crippen LogP contribution is 2.36. The number of carbonyl (C=O) groups is 2. The molecule has 1 heterocycles. The molecule has 1 aliphatic rings. The molecule has 0 fully saturated rings. The lowest BCUT2D eigenvalue weighted by molar-refractivity contribution is -0.136. The number of aliphatic hydroxyl groups is 1. The summed E-state index contributed by atoms with van der Waals surface area (Å²) >= 11 is 1.23. The number of carbonyl (C=O) groups excluding carboxylic acids is 2. The molecule has 29 heavy (non-hydrogen) atoms. The number of aliphatic hydroxyl groups excluding tert-OH is 1. The lowest BCUT2D eigenvalue weighted by Crippen LogP contribution is -2.33. The molecule has 0 aliphatic carbocycles. The van der Waals surface area contributed by atoms with Crippen LogP contribution in [0.4, 0.5) is 0 Å². The first kappa shape index (κ1) is 21.1. The average Bonchev–Trinajstić information content (AvgIpc) is 2.95. The van der Waals surface area contributed by atoms with Crippen molar-refractivity contribution in [2.45, 2.75) is 26.4 Å². The van der Waals surface area contributed by atoms with Crippen LogP contribution in [0.25, 0.3) is 5.57 Å². The second kappa shape index (κ2) is 9.76. The van der Waals surface area contributed by atoms with Gasteiger partial charge in [0.25, 0.3) is 11.8 Å². The lowest BCUT2D eigenvalue weighted by Gasteiger charge is -2.15. The fraction of sp³-hybridized carbons (Fsp3) is 0.304. The number of nitrogens with zero attached hydrogens (tertiary/aromatic N) is 1. The minimum Gasteiger partial charge on any atom is -0.491 e. The summed E-state index contributed by atoms with van der Waals surface area (Å²) in [6.45, 7) is 4.16. The van der Waals surface area contributed by atoms with Gasteiger partial charge >= 0.3 is 0 Å². The summed E-state index contributed by atoms with van der Waals surface area (Å²) in [6.07, 6.45) is 0.656. The zero-order valence-electron chi connectivity index (χ0n) is 16.6. The van der Waals surface area contributed by atoms with E-state index in [0.29, 0.717) is 40.5 Å². The molecule has 1 N–H and O–H groups in total. The first-order valence-corrected chi connectivity index (χ1v) is 10.6. The van der Waals surface area contributed by atoms with Crippen LogP contribution in [0.3, 0.4) is 0 Å². The van der Waals surface area contributed by atoms with Gasteiger partial charge in [0.2, 0.25) is 0 Å². The van der Waals surface area contributed by atoms with E-state index in [9.17, 15) is 14.7 Å². The SMILES string of the molecule is CC(C)Oc1ccc(C2=C(SCCO)C(=O)N(CCc3ccccc3)C2=O)cc1. The summed E-state index contributed by atoms with van der Waals surface area (Å²) < 4.78 is 5.66. The predicted molar refractivity (Wildman–Crippen MR) is 116 cm³/mol. The van der Waals surface area contributed by atoms with Gasteiger partial charge in [-0.15, -0.1) is 11.8 Å². The van der Waals surface area contributed by atoms with E-state index in [1.54, 1.807) is 24.3 Å². The van der Waals surface area contributed by atoms with E-state index in [2.05, 4.69) is 0 Å². The van der Waals surface area contributed by atoms with Gasteiger partial charge in [0.15, 0.2) is 0 Å². The third kappa shape index (κ3) is 5.08. The molecule has 3 rings (SSSR count). The number of hydrogen-bond donors (Lipinski definition) is 1. The van der Waals surface area contributed by atoms with Crippen molar-refractivity contribution in [1.29, 1.82) is 0 Å². The van der Waals surface area contributed by atoms with E-state index < -0.39 is 0 Å². The highest BCUT2D eigenvalue weighted by molar-refractivity contribution is 8.04. The molecule has 2 aromatic carbocycles. The summed E-state index contributed by atoms with van der Waals surface area (Å²) in [5, 5.41) is 9.20. The third-order valence-corrected chi connectivity index (χ3v) is 5.50. The van der Waals surface area contributed by atoms with Crippen LogP contribution in [0.2, 0.25) is 0 Å². The molecule has 0 saturated carbocycles. The Hall–Kier alpha value is -2.57. The fourth-order valence-corrected chi connectivity index (χ4v) is 4.03. The highest BCUT2D eigenvalue weighted by Gasteiger charge is 2.38. The Balaban J connectivity index is 1.84. The molecule has 0 unspecified atom stereocenters. The normalized spacial score (nSPS) is 14.3. The third-order valence-electron chi connectivity index (χ3n) is 4.44. The summed E-state index contributed by atoms with van der Waals surface area (Å²) in [7, 11) is 0. The van der Waals surface area contributed by atoms with Crippen molar-refractivity contribution in [3.8, 4) is 5.75 Å². The Bertz CT molecular complexity index is 891. The number of hydrogen-bond acceptors (Lipinski definition) is 5. The van der Waals surface area contributed by atoms with Crippen LogP contribution in [-0.2, 0) is 16.0 Å². The molecule has 0 radical (unpaired) electrons. The van der Waals surface area contributed by atoms with Gasteiger partial charge in [0, 0.05) is 12.3 Å². The van der Waals surface area contributed by atoms with Gasteiger partial charge in [-0.3, -0.25) is 14.5 Å². The van der Waals surface area contributed by atoms with Crippen molar-refractivity contribution >= 4 is 29.1 Å². The van der Waals surface area contributed by atoms with Crippen molar-refractivity contribution in [2.24, 2.45) is 0 Å². The Morgan fingerprint density at radius 3 is 2.31 bits per heavy atom. The fourth-order valence-electron chi connectivity index (χ4n) is 3.15. The zero-order valence-corrected chi connectivity index (χ0v) is 17.4. The smallest absolute Gasteiger partial charge is 0.267 e. The molecule has 6 heteroatoms. The quantitative estimate of drug-likeness (QED) is 0.640. The van der Waals surface area contributed by atoms with Crippen LogP contribution in [0.1, 0.15) is 25.0 Å². The first-order valence-electron chi connectivity index (χ1n) is 9.66. The molecule has 0 saturated heterocycles. The number of ether oxygens (including phenoxy) is 1. The van der Waals surface area contributed by atoms with Crippen molar-refractivity contribution in [3.63, 3.8) is 0 Å². The summed E-state index contributed by atoms with van der Waals surface area (Å²) in [6, 6.07) is 17.0. The van der Waals surface area contributed by atoms with Gasteiger partial charge < -0.3 is 9.84 Å². The predicted octanol–water partition coefficient (Wildman–Crippen LogP) is 3.52. The lowest BCUT2D eigenvalue weighted by atomic mass is 10.1. The number of imide groups is 1. The highest BCUT2D eigenvalue weighted by atomic mass is 32.2. The first-order chi connectivity index (χ1) is 14.0. The molecule has 2 amide bonds. The van der Waals surface area contributed by atoms with Crippen LogP contribution in [0.15, 0.2) is 59.5 Å². The Morgan fingerprint density at radius 2 is 1.69 bits per heavy atom. The number of amides is 2. The van der Waals surface area contributed by atoms with Crippen molar-refractivity contribution in [3.05, 3.63) is 70.6 Å². The van der Waals surface area contributed by atoms with E-state index in [-0.39, 0.29) is 24.5 Å². The van der Waals surface area contributed by atoms with E-state index in [1.807, 2.05) is 44.2 Å². The van der Waals surface area contributed by atoms with Crippen LogP contribution in [0.5, 0.6) is 5.75 Å². The molecule has 0 spiro atoms. The summed E-state index contributed by atoms with van der Waals surface area (Å²) in [5.41, 5.74) is 2.15. The number of rotatable bonds is 9. The molecule has 0 aromatic heterocycles. The Labute approximate surface area is 175 Å². The molecular weight excluding hydrogens is 386 g/mol. The second-order valence-corrected chi connectivity index (χ2v) is 8.07. The summed E-state index contributed by atoms with van der Waals surface area (Å²) in [4.78, 5) is 27.8. The van der Waals surface area contributed by atoms with Crippen LogP contribution < -0.4 is 4.74 Å². The topological polar surface area (TPSA) is 66.8 Å². The van der Waals surface area contributed by atoms with E-state index in [4.69, 9.17) is 4.74 Å². The maximum atomic E-state index is 13.1. The molecule has 1 aliphatic heterocycles. The molecule has 5 nitrogen and oxygen atoms in total. The molecule has 2 aromatic rings. The monoisotopic (exact) mass is 411 g/mol. The van der Waals surface area contributed by atoms with Gasteiger partial charge in [-0.05, 0) is 43.5 Å². The maximum absolute atomic E-state index is 13.1. The minimum absolute atomic E-state index is 0.0545. The van der Waals surface area contributed by atoms with E-state index in [0.717, 1.165) is 5.56 Å².